The van der Waals surface area contributed by atoms with E-state index in [9.17, 15) is 18.4 Å². The van der Waals surface area contributed by atoms with Crippen LogP contribution in [0.15, 0.2) is 42.5 Å². The minimum Gasteiger partial charge on any atom is -0.467 e. The zero-order chi connectivity index (χ0) is 18.4. The Labute approximate surface area is 157 Å². The van der Waals surface area contributed by atoms with E-state index in [1.807, 2.05) is 24.3 Å². The summed E-state index contributed by atoms with van der Waals surface area (Å²) in [5.41, 5.74) is 0.498. The first kappa shape index (κ1) is 19.3. The number of halogens is 3. The third-order valence-electron chi connectivity index (χ3n) is 3.55. The fraction of sp³-hybridized carbons (Fsp3) is 0.222. The molecule has 0 saturated heterocycles. The molecule has 0 aliphatic rings. The second kappa shape index (κ2) is 8.89. The van der Waals surface area contributed by atoms with E-state index in [4.69, 9.17) is 4.74 Å². The Balaban J connectivity index is 2.11. The third kappa shape index (κ3) is 5.48. The monoisotopic (exact) mass is 459 g/mol. The number of ether oxygens (including phenoxy) is 1. The van der Waals surface area contributed by atoms with E-state index < -0.39 is 36.0 Å². The molecule has 0 unspecified atom stereocenters. The van der Waals surface area contributed by atoms with Gasteiger partial charge in [-0.1, -0.05) is 18.2 Å². The van der Waals surface area contributed by atoms with Crippen molar-refractivity contribution in [3.8, 4) is 0 Å². The van der Waals surface area contributed by atoms with Crippen LogP contribution in [-0.4, -0.2) is 25.0 Å². The lowest BCUT2D eigenvalue weighted by Crippen LogP contribution is -2.43. The molecule has 0 bridgehead atoms. The Morgan fingerprint density at radius 3 is 2.40 bits per heavy atom. The number of amides is 1. The Kier molecular flexibility index (Phi) is 6.86. The van der Waals surface area contributed by atoms with Crippen LogP contribution in [0.2, 0.25) is 0 Å². The quantitative estimate of drug-likeness (QED) is 0.534. The number of esters is 1. The molecule has 2 aromatic carbocycles. The summed E-state index contributed by atoms with van der Waals surface area (Å²) in [6.45, 7) is 0. The molecule has 0 radical (unpaired) electrons. The van der Waals surface area contributed by atoms with Crippen molar-refractivity contribution in [2.24, 2.45) is 0 Å². The number of carbonyl (C=O) groups excluding carboxylic acids is 2. The van der Waals surface area contributed by atoms with Gasteiger partial charge in [-0.2, -0.15) is 0 Å². The van der Waals surface area contributed by atoms with Crippen LogP contribution in [-0.2, 0) is 27.2 Å². The zero-order valence-corrected chi connectivity index (χ0v) is 15.5. The summed E-state index contributed by atoms with van der Waals surface area (Å²) in [7, 11) is 1.22. The highest BCUT2D eigenvalue weighted by Crippen LogP contribution is 2.14. The van der Waals surface area contributed by atoms with Gasteiger partial charge < -0.3 is 10.1 Å². The highest BCUT2D eigenvalue weighted by atomic mass is 127. The van der Waals surface area contributed by atoms with E-state index in [0.717, 1.165) is 21.3 Å². The second-order valence-electron chi connectivity index (χ2n) is 5.35. The van der Waals surface area contributed by atoms with Gasteiger partial charge in [0.15, 0.2) is 0 Å². The normalized spacial score (nSPS) is 11.7. The molecule has 1 N–H and O–H groups in total. The molecule has 0 aliphatic heterocycles. The van der Waals surface area contributed by atoms with Crippen molar-refractivity contribution in [3.63, 3.8) is 0 Å². The van der Waals surface area contributed by atoms with Gasteiger partial charge in [0.2, 0.25) is 5.91 Å². The maximum absolute atomic E-state index is 13.7. The van der Waals surface area contributed by atoms with E-state index in [0.29, 0.717) is 0 Å². The summed E-state index contributed by atoms with van der Waals surface area (Å²) in [6.07, 6.45) is -0.284. The molecule has 7 heteroatoms. The first-order valence-corrected chi connectivity index (χ1v) is 8.53. The van der Waals surface area contributed by atoms with Gasteiger partial charge in [0, 0.05) is 15.6 Å². The minimum atomic E-state index is -0.939. The van der Waals surface area contributed by atoms with Crippen molar-refractivity contribution in [2.75, 3.05) is 7.11 Å². The zero-order valence-electron chi connectivity index (χ0n) is 13.4. The Bertz CT molecular complexity index is 762. The second-order valence-corrected chi connectivity index (χ2v) is 6.60. The predicted molar refractivity (Wildman–Crippen MR) is 96.9 cm³/mol. The molecule has 2 aromatic rings. The van der Waals surface area contributed by atoms with E-state index in [1.54, 1.807) is 0 Å². The summed E-state index contributed by atoms with van der Waals surface area (Å²) >= 11 is 2.14. The topological polar surface area (TPSA) is 55.4 Å². The van der Waals surface area contributed by atoms with Crippen LogP contribution >= 0.6 is 22.6 Å². The predicted octanol–water partition coefficient (Wildman–Crippen LogP) is 3.01. The van der Waals surface area contributed by atoms with Crippen LogP contribution in [0.5, 0.6) is 0 Å². The Morgan fingerprint density at radius 2 is 1.80 bits per heavy atom. The van der Waals surface area contributed by atoms with Gasteiger partial charge in [0.1, 0.15) is 17.7 Å². The van der Waals surface area contributed by atoms with Crippen LogP contribution < -0.4 is 5.32 Å². The van der Waals surface area contributed by atoms with Gasteiger partial charge in [-0.25, -0.2) is 13.6 Å². The molecular formula is C18H16F2INO3. The molecule has 4 nitrogen and oxygen atoms in total. The maximum atomic E-state index is 13.7. The smallest absolute Gasteiger partial charge is 0.328 e. The first-order valence-electron chi connectivity index (χ1n) is 7.45. The average molecular weight is 459 g/mol. The van der Waals surface area contributed by atoms with Crippen molar-refractivity contribution in [3.05, 3.63) is 68.8 Å². The summed E-state index contributed by atoms with van der Waals surface area (Å²) in [5, 5.41) is 2.49. The molecule has 1 amide bonds. The third-order valence-corrected chi connectivity index (χ3v) is 4.22. The number of hydrogen-bond acceptors (Lipinski definition) is 3. The van der Waals surface area contributed by atoms with E-state index in [1.165, 1.54) is 13.2 Å². The molecule has 0 aliphatic carbocycles. The van der Waals surface area contributed by atoms with Gasteiger partial charge in [-0.3, -0.25) is 4.79 Å². The Morgan fingerprint density at radius 1 is 1.16 bits per heavy atom. The molecule has 132 valence electrons. The number of carbonyl (C=O) groups is 2. The molecule has 25 heavy (non-hydrogen) atoms. The standard InChI is InChI=1S/C18H16F2INO3/c1-25-18(24)16(9-11-4-2-5-12(21)8-11)22-17(23)10-13-14(19)6-3-7-15(13)20/h2-8,16H,9-10H2,1H3,(H,22,23)/t16-/m0/s1. The molecule has 1 atom stereocenters. The van der Waals surface area contributed by atoms with E-state index in [-0.39, 0.29) is 12.0 Å². The van der Waals surface area contributed by atoms with Crippen LogP contribution in [0.1, 0.15) is 11.1 Å². The molecule has 0 heterocycles. The molecule has 0 spiro atoms. The van der Waals surface area contributed by atoms with Crippen molar-refractivity contribution in [1.82, 2.24) is 5.32 Å². The van der Waals surface area contributed by atoms with Crippen molar-refractivity contribution in [2.45, 2.75) is 18.9 Å². The summed E-state index contributed by atoms with van der Waals surface area (Å²) in [4.78, 5) is 24.1. The van der Waals surface area contributed by atoms with Gasteiger partial charge >= 0.3 is 5.97 Å². The number of hydrogen-bond donors (Lipinski definition) is 1. The van der Waals surface area contributed by atoms with Crippen LogP contribution in [0, 0.1) is 15.2 Å². The van der Waals surface area contributed by atoms with Crippen LogP contribution in [0.25, 0.3) is 0 Å². The van der Waals surface area contributed by atoms with Crippen molar-refractivity contribution >= 4 is 34.5 Å². The molecule has 2 rings (SSSR count). The molecule has 0 aromatic heterocycles. The number of rotatable bonds is 6. The fourth-order valence-corrected chi connectivity index (χ4v) is 2.95. The van der Waals surface area contributed by atoms with E-state index in [2.05, 4.69) is 27.9 Å². The fourth-order valence-electron chi connectivity index (χ4n) is 2.34. The van der Waals surface area contributed by atoms with Gasteiger partial charge in [0.05, 0.1) is 13.5 Å². The van der Waals surface area contributed by atoms with Crippen molar-refractivity contribution in [1.29, 1.82) is 0 Å². The lowest BCUT2D eigenvalue weighted by Gasteiger charge is -2.17. The van der Waals surface area contributed by atoms with Crippen molar-refractivity contribution < 1.29 is 23.1 Å². The largest absolute Gasteiger partial charge is 0.467 e. The van der Waals surface area contributed by atoms with Crippen LogP contribution in [0.3, 0.4) is 0 Å². The highest BCUT2D eigenvalue weighted by molar-refractivity contribution is 14.1. The van der Waals surface area contributed by atoms with Gasteiger partial charge in [0.25, 0.3) is 0 Å². The summed E-state index contributed by atoms with van der Waals surface area (Å²) in [6, 6.07) is 9.87. The van der Waals surface area contributed by atoms with Gasteiger partial charge in [-0.05, 0) is 52.4 Å². The number of benzene rings is 2. The lowest BCUT2D eigenvalue weighted by atomic mass is 10.0. The number of nitrogens with one attached hydrogen (secondary N) is 1. The summed E-state index contributed by atoms with van der Waals surface area (Å²) < 4.78 is 33.0. The summed E-state index contributed by atoms with van der Waals surface area (Å²) in [5.74, 6) is -2.89. The van der Waals surface area contributed by atoms with Gasteiger partial charge in [-0.15, -0.1) is 0 Å². The highest BCUT2D eigenvalue weighted by Gasteiger charge is 2.23. The number of methoxy groups -OCH3 is 1. The van der Waals surface area contributed by atoms with E-state index >= 15 is 0 Å². The lowest BCUT2D eigenvalue weighted by molar-refractivity contribution is -0.145. The molecule has 0 fully saturated rings. The molecular weight excluding hydrogens is 443 g/mol. The average Bonchev–Trinajstić information content (AvgIpc) is 2.57. The minimum absolute atomic E-state index is 0.217. The first-order chi connectivity index (χ1) is 11.9. The SMILES string of the molecule is COC(=O)[C@H](Cc1cccc(I)c1)NC(=O)Cc1c(F)cccc1F. The molecule has 0 saturated carbocycles. The van der Waals surface area contributed by atoms with Crippen LogP contribution in [0.4, 0.5) is 8.78 Å². The maximum Gasteiger partial charge on any atom is 0.328 e. The Hall–Kier alpha value is -2.03.